The van der Waals surface area contributed by atoms with Gasteiger partial charge < -0.3 is 5.32 Å². The Morgan fingerprint density at radius 1 is 1.71 bits per heavy atom. The first-order valence-corrected chi connectivity index (χ1v) is 5.46. The first-order chi connectivity index (χ1) is 6.52. The maximum absolute atomic E-state index is 10.8. The molecule has 1 rings (SSSR count). The first-order valence-electron chi connectivity index (χ1n) is 4.49. The van der Waals surface area contributed by atoms with E-state index in [0.717, 1.165) is 5.69 Å². The standard InChI is InChI=1S/C9H14IN3O/c1-6(2)8-4-12-13(10)9(8)5-11-7(3)14/h4,6H,5H2,1-3H3,(H,11,14). The summed E-state index contributed by atoms with van der Waals surface area (Å²) in [5.41, 5.74) is 2.25. The lowest BCUT2D eigenvalue weighted by Gasteiger charge is -2.07. The average molecular weight is 307 g/mol. The highest BCUT2D eigenvalue weighted by Crippen LogP contribution is 2.20. The lowest BCUT2D eigenvalue weighted by Crippen LogP contribution is -2.20. The van der Waals surface area contributed by atoms with E-state index < -0.39 is 0 Å². The van der Waals surface area contributed by atoms with Gasteiger partial charge >= 0.3 is 0 Å². The number of halogens is 1. The van der Waals surface area contributed by atoms with Crippen molar-refractivity contribution in [3.63, 3.8) is 0 Å². The van der Waals surface area contributed by atoms with Crippen LogP contribution in [0.15, 0.2) is 6.20 Å². The molecule has 0 radical (unpaired) electrons. The van der Waals surface area contributed by atoms with Crippen LogP contribution in [0.1, 0.15) is 37.9 Å². The molecule has 1 heterocycles. The second-order valence-corrected chi connectivity index (χ2v) is 4.39. The lowest BCUT2D eigenvalue weighted by atomic mass is 10.0. The molecule has 0 bridgehead atoms. The number of carbonyl (C=O) groups excluding carboxylic acids is 1. The van der Waals surface area contributed by atoms with Gasteiger partial charge in [-0.05, 0) is 11.5 Å². The molecule has 14 heavy (non-hydrogen) atoms. The highest BCUT2D eigenvalue weighted by molar-refractivity contribution is 14.1. The van der Waals surface area contributed by atoms with Gasteiger partial charge in [-0.1, -0.05) is 13.8 Å². The maximum atomic E-state index is 10.8. The fraction of sp³-hybridized carbons (Fsp3) is 0.556. The van der Waals surface area contributed by atoms with Crippen LogP contribution < -0.4 is 5.32 Å². The fourth-order valence-electron chi connectivity index (χ4n) is 1.22. The van der Waals surface area contributed by atoms with Crippen LogP contribution >= 0.6 is 22.9 Å². The number of hydrogen-bond donors (Lipinski definition) is 1. The van der Waals surface area contributed by atoms with Gasteiger partial charge in [0.05, 0.1) is 41.3 Å². The molecule has 0 saturated carbocycles. The molecule has 78 valence electrons. The Balaban J connectivity index is 2.82. The average Bonchev–Trinajstić information content (AvgIpc) is 2.43. The van der Waals surface area contributed by atoms with Gasteiger partial charge in [-0.25, -0.2) is 2.90 Å². The molecule has 1 N–H and O–H groups in total. The maximum Gasteiger partial charge on any atom is 0.217 e. The molecule has 4 nitrogen and oxygen atoms in total. The second kappa shape index (κ2) is 4.77. The summed E-state index contributed by atoms with van der Waals surface area (Å²) in [5, 5.41) is 6.95. The number of nitrogens with one attached hydrogen (secondary N) is 1. The smallest absolute Gasteiger partial charge is 0.217 e. The minimum atomic E-state index is -0.0164. The van der Waals surface area contributed by atoms with Gasteiger partial charge in [0.15, 0.2) is 0 Å². The molecule has 5 heteroatoms. The van der Waals surface area contributed by atoms with E-state index in [9.17, 15) is 4.79 Å². The minimum absolute atomic E-state index is 0.0164. The zero-order valence-corrected chi connectivity index (χ0v) is 10.7. The Morgan fingerprint density at radius 3 is 2.86 bits per heavy atom. The van der Waals surface area contributed by atoms with E-state index in [1.54, 1.807) is 2.90 Å². The van der Waals surface area contributed by atoms with Gasteiger partial charge in [0.2, 0.25) is 5.91 Å². The summed E-state index contributed by atoms with van der Waals surface area (Å²) in [5.74, 6) is 0.416. The summed E-state index contributed by atoms with van der Waals surface area (Å²) in [6, 6.07) is 0. The molecule has 0 atom stereocenters. The van der Waals surface area contributed by atoms with Crippen LogP contribution in [0.4, 0.5) is 0 Å². The van der Waals surface area contributed by atoms with Crippen molar-refractivity contribution in [3.8, 4) is 0 Å². The van der Waals surface area contributed by atoms with Gasteiger partial charge in [-0.3, -0.25) is 4.79 Å². The summed E-state index contributed by atoms with van der Waals surface area (Å²) in [6.45, 7) is 6.30. The van der Waals surface area contributed by atoms with Crippen LogP contribution in [0, 0.1) is 0 Å². The van der Waals surface area contributed by atoms with E-state index in [4.69, 9.17) is 0 Å². The lowest BCUT2D eigenvalue weighted by molar-refractivity contribution is -0.119. The predicted octanol–water partition coefficient (Wildman–Crippen LogP) is 1.84. The third-order valence-electron chi connectivity index (χ3n) is 1.98. The molecular weight excluding hydrogens is 293 g/mol. The number of amides is 1. The molecule has 1 aromatic rings. The van der Waals surface area contributed by atoms with Crippen LogP contribution in [-0.4, -0.2) is 13.9 Å². The van der Waals surface area contributed by atoms with Crippen molar-refractivity contribution in [1.82, 2.24) is 13.3 Å². The highest BCUT2D eigenvalue weighted by Gasteiger charge is 2.12. The Bertz CT molecular complexity index is 333. The number of carbonyl (C=O) groups is 1. The topological polar surface area (TPSA) is 46.9 Å². The van der Waals surface area contributed by atoms with E-state index in [1.165, 1.54) is 12.5 Å². The van der Waals surface area contributed by atoms with Crippen molar-refractivity contribution in [1.29, 1.82) is 0 Å². The molecule has 1 aromatic heterocycles. The van der Waals surface area contributed by atoms with E-state index in [-0.39, 0.29) is 5.91 Å². The molecule has 1 amide bonds. The van der Waals surface area contributed by atoms with Crippen molar-refractivity contribution in [3.05, 3.63) is 17.5 Å². The molecule has 0 saturated heterocycles. The van der Waals surface area contributed by atoms with E-state index in [2.05, 4.69) is 47.1 Å². The van der Waals surface area contributed by atoms with Crippen LogP contribution in [0.2, 0.25) is 0 Å². The summed E-state index contributed by atoms with van der Waals surface area (Å²) in [6.07, 6.45) is 1.86. The zero-order chi connectivity index (χ0) is 10.7. The monoisotopic (exact) mass is 307 g/mol. The number of aromatic nitrogens is 2. The fourth-order valence-corrected chi connectivity index (χ4v) is 1.80. The van der Waals surface area contributed by atoms with Crippen LogP contribution in [0.25, 0.3) is 0 Å². The largest absolute Gasteiger partial charge is 0.351 e. The molecular formula is C9H14IN3O. The number of nitrogens with zero attached hydrogens (tertiary/aromatic N) is 2. The van der Waals surface area contributed by atoms with Gasteiger partial charge in [0, 0.05) is 6.92 Å². The van der Waals surface area contributed by atoms with E-state index >= 15 is 0 Å². The molecule has 0 fully saturated rings. The Kier molecular flexibility index (Phi) is 3.91. The summed E-state index contributed by atoms with van der Waals surface area (Å²) in [4.78, 5) is 10.8. The van der Waals surface area contributed by atoms with Crippen LogP contribution in [0.5, 0.6) is 0 Å². The quantitative estimate of drug-likeness (QED) is 0.866. The van der Waals surface area contributed by atoms with Gasteiger partial charge in [-0.15, -0.1) is 0 Å². The van der Waals surface area contributed by atoms with E-state index in [1.807, 2.05) is 6.20 Å². The molecule has 0 aliphatic carbocycles. The van der Waals surface area contributed by atoms with Crippen molar-refractivity contribution in [2.75, 3.05) is 0 Å². The van der Waals surface area contributed by atoms with Crippen molar-refractivity contribution < 1.29 is 4.79 Å². The Morgan fingerprint density at radius 2 is 2.36 bits per heavy atom. The second-order valence-electron chi connectivity index (χ2n) is 3.47. The van der Waals surface area contributed by atoms with Crippen molar-refractivity contribution in [2.24, 2.45) is 0 Å². The molecule has 0 spiro atoms. The molecule has 0 aliphatic heterocycles. The van der Waals surface area contributed by atoms with Gasteiger partial charge in [-0.2, -0.15) is 5.10 Å². The first kappa shape index (κ1) is 11.5. The third kappa shape index (κ3) is 2.70. The predicted molar refractivity (Wildman–Crippen MR) is 63.3 cm³/mol. The van der Waals surface area contributed by atoms with Crippen LogP contribution in [-0.2, 0) is 11.3 Å². The molecule has 0 unspecified atom stereocenters. The third-order valence-corrected chi connectivity index (χ3v) is 2.81. The van der Waals surface area contributed by atoms with E-state index in [0.29, 0.717) is 12.5 Å². The van der Waals surface area contributed by atoms with Crippen molar-refractivity contribution >= 4 is 28.8 Å². The van der Waals surface area contributed by atoms with Crippen molar-refractivity contribution in [2.45, 2.75) is 33.2 Å². The highest BCUT2D eigenvalue weighted by atomic mass is 127. The summed E-state index contributed by atoms with van der Waals surface area (Å²) >= 11 is 2.12. The molecule has 0 aromatic carbocycles. The zero-order valence-electron chi connectivity index (χ0n) is 8.54. The summed E-state index contributed by atoms with van der Waals surface area (Å²) < 4.78 is 1.78. The number of hydrogen-bond acceptors (Lipinski definition) is 2. The minimum Gasteiger partial charge on any atom is -0.351 e. The Labute approximate surface area is 97.6 Å². The Hall–Kier alpha value is -0.590. The normalized spacial score (nSPS) is 10.6. The van der Waals surface area contributed by atoms with Gasteiger partial charge in [0.25, 0.3) is 0 Å². The van der Waals surface area contributed by atoms with Crippen LogP contribution in [0.3, 0.4) is 0 Å². The van der Waals surface area contributed by atoms with Gasteiger partial charge in [0.1, 0.15) is 0 Å². The SMILES string of the molecule is CC(=O)NCc1c(C(C)C)cnn1I. The summed E-state index contributed by atoms with van der Waals surface area (Å²) in [7, 11) is 0. The number of rotatable bonds is 3. The molecule has 0 aliphatic rings.